The van der Waals surface area contributed by atoms with Crippen LogP contribution in [0, 0.1) is 0 Å². The summed E-state index contributed by atoms with van der Waals surface area (Å²) in [5.41, 5.74) is 0. The van der Waals surface area contributed by atoms with Crippen LogP contribution < -0.4 is 10.6 Å². The maximum atomic E-state index is 11.5. The Balaban J connectivity index is -0.00000162. The maximum Gasteiger partial charge on any atom is 0.221 e. The molecule has 0 rings (SSSR count). The van der Waals surface area contributed by atoms with E-state index in [2.05, 4.69) is 10.6 Å². The van der Waals surface area contributed by atoms with Gasteiger partial charge in [0.15, 0.2) is 0 Å². The van der Waals surface area contributed by atoms with Crippen molar-refractivity contribution < 1.29 is 12.4 Å². The van der Waals surface area contributed by atoms with Crippen LogP contribution in [0.25, 0.3) is 0 Å². The van der Waals surface area contributed by atoms with Crippen LogP contribution in [0.2, 0.25) is 0 Å². The third-order valence-corrected chi connectivity index (χ3v) is 4.91. The molecule has 0 spiro atoms. The molecule has 0 fully saturated rings. The molecule has 6 heteroatoms. The predicted octanol–water partition coefficient (Wildman–Crippen LogP) is 3.08. The average molecular weight is 311 g/mol. The van der Waals surface area contributed by atoms with Crippen molar-refractivity contribution in [3.05, 3.63) is 0 Å². The lowest BCUT2D eigenvalue weighted by molar-refractivity contribution is -0.122. The molecule has 4 nitrogen and oxygen atoms in total. The lowest BCUT2D eigenvalue weighted by Crippen LogP contribution is -2.31. The molecule has 1 unspecified atom stereocenters. The van der Waals surface area contributed by atoms with E-state index in [1.54, 1.807) is 21.6 Å². The highest BCUT2D eigenvalue weighted by Crippen LogP contribution is 2.28. The first kappa shape index (κ1) is 18.6. The fourth-order valence-corrected chi connectivity index (χ4v) is 3.63. The van der Waals surface area contributed by atoms with Crippen LogP contribution in [-0.4, -0.2) is 34.9 Å². The Bertz CT molecular complexity index is 293. The van der Waals surface area contributed by atoms with Crippen LogP contribution in [0.1, 0.15) is 50.3 Å². The van der Waals surface area contributed by atoms with Crippen LogP contribution in [0.5, 0.6) is 0 Å². The third-order valence-electron chi connectivity index (χ3n) is 2.02. The van der Waals surface area contributed by atoms with Crippen molar-refractivity contribution in [1.82, 2.24) is 10.6 Å². The van der Waals surface area contributed by atoms with E-state index in [9.17, 15) is 9.59 Å². The molecule has 19 heavy (non-hydrogen) atoms. The van der Waals surface area contributed by atoms with E-state index in [-0.39, 0.29) is 32.0 Å². The van der Waals surface area contributed by atoms with E-state index in [4.69, 9.17) is 0 Å². The Morgan fingerprint density at radius 2 is 1.53 bits per heavy atom. The summed E-state index contributed by atoms with van der Waals surface area (Å²) in [6.07, 6.45) is 1.05. The standard InChI is InChI=1S/C13H26N2O2S2.2H2/c1-9(2)14-12(16)6-7-18-19-11(5)8-13(17)15-10(3)4;;/h9-11H,6-8H2,1-5H3,(H,14,16)(H,15,17);2*1H. The molecule has 0 aromatic rings. The summed E-state index contributed by atoms with van der Waals surface area (Å²) in [7, 11) is 3.32. The SMILES string of the molecule is CC(C)NC(=O)CCSSC(C)CC(=O)NC(C)C.[HH].[HH]. The Morgan fingerprint density at radius 1 is 1.00 bits per heavy atom. The van der Waals surface area contributed by atoms with Crippen molar-refractivity contribution in [3.63, 3.8) is 0 Å². The van der Waals surface area contributed by atoms with Crippen molar-refractivity contribution >= 4 is 33.4 Å². The zero-order chi connectivity index (χ0) is 14.8. The van der Waals surface area contributed by atoms with Gasteiger partial charge >= 0.3 is 0 Å². The van der Waals surface area contributed by atoms with Crippen molar-refractivity contribution in [2.45, 2.75) is 64.8 Å². The van der Waals surface area contributed by atoms with Gasteiger partial charge in [-0.1, -0.05) is 28.5 Å². The molecule has 0 aromatic heterocycles. The van der Waals surface area contributed by atoms with Gasteiger partial charge in [0.1, 0.15) is 0 Å². The molecule has 0 saturated heterocycles. The smallest absolute Gasteiger partial charge is 0.221 e. The Kier molecular flexibility index (Phi) is 10.2. The number of hydrogen-bond acceptors (Lipinski definition) is 4. The molecule has 0 bridgehead atoms. The van der Waals surface area contributed by atoms with Crippen LogP contribution in [-0.2, 0) is 9.59 Å². The van der Waals surface area contributed by atoms with Gasteiger partial charge < -0.3 is 10.6 Å². The van der Waals surface area contributed by atoms with Crippen LogP contribution in [0.4, 0.5) is 0 Å². The van der Waals surface area contributed by atoms with Gasteiger partial charge in [-0.15, -0.1) is 0 Å². The molecule has 0 radical (unpaired) electrons. The summed E-state index contributed by atoms with van der Waals surface area (Å²) >= 11 is 0. The Labute approximate surface area is 127 Å². The first-order valence-electron chi connectivity index (χ1n) is 6.68. The van der Waals surface area contributed by atoms with E-state index in [0.29, 0.717) is 12.8 Å². The number of carbonyl (C=O) groups is 2. The van der Waals surface area contributed by atoms with E-state index >= 15 is 0 Å². The largest absolute Gasteiger partial charge is 0.354 e. The molecule has 116 valence electrons. The summed E-state index contributed by atoms with van der Waals surface area (Å²) < 4.78 is 0. The molecule has 0 aliphatic rings. The first-order valence-corrected chi connectivity index (χ1v) is 9.06. The second kappa shape index (κ2) is 10.4. The minimum Gasteiger partial charge on any atom is -0.354 e. The average Bonchev–Trinajstić information content (AvgIpc) is 2.21. The summed E-state index contributed by atoms with van der Waals surface area (Å²) in [5, 5.41) is 6.00. The van der Waals surface area contributed by atoms with Gasteiger partial charge in [-0.25, -0.2) is 0 Å². The molecule has 2 amide bonds. The lowest BCUT2D eigenvalue weighted by Gasteiger charge is -2.12. The van der Waals surface area contributed by atoms with Crippen molar-refractivity contribution in [2.24, 2.45) is 0 Å². The van der Waals surface area contributed by atoms with Crippen molar-refractivity contribution in [3.8, 4) is 0 Å². The second-order valence-electron chi connectivity index (χ2n) is 5.13. The fourth-order valence-electron chi connectivity index (χ4n) is 1.37. The molecule has 0 aliphatic heterocycles. The predicted molar refractivity (Wildman–Crippen MR) is 89.5 cm³/mol. The van der Waals surface area contributed by atoms with E-state index in [0.717, 1.165) is 5.75 Å². The molecule has 0 aromatic carbocycles. The quantitative estimate of drug-likeness (QED) is 0.507. The van der Waals surface area contributed by atoms with Gasteiger partial charge in [-0.05, 0) is 27.7 Å². The molecule has 1 atom stereocenters. The minimum absolute atomic E-state index is 0. The van der Waals surface area contributed by atoms with Crippen LogP contribution in [0.3, 0.4) is 0 Å². The number of nitrogens with one attached hydrogen (secondary N) is 2. The van der Waals surface area contributed by atoms with Gasteiger partial charge in [0.25, 0.3) is 0 Å². The molecule has 0 saturated carbocycles. The van der Waals surface area contributed by atoms with Gasteiger partial charge in [0, 0.05) is 38.8 Å². The topological polar surface area (TPSA) is 58.2 Å². The van der Waals surface area contributed by atoms with Crippen molar-refractivity contribution in [2.75, 3.05) is 5.75 Å². The summed E-state index contributed by atoms with van der Waals surface area (Å²) in [6.45, 7) is 9.85. The van der Waals surface area contributed by atoms with E-state index in [1.165, 1.54) is 0 Å². The van der Waals surface area contributed by atoms with Crippen molar-refractivity contribution in [1.29, 1.82) is 0 Å². The van der Waals surface area contributed by atoms with E-state index in [1.807, 2.05) is 34.6 Å². The number of rotatable bonds is 9. The summed E-state index contributed by atoms with van der Waals surface area (Å²) in [5.74, 6) is 0.959. The van der Waals surface area contributed by atoms with Gasteiger partial charge in [0.2, 0.25) is 11.8 Å². The normalized spacial score (nSPS) is 12.6. The molecule has 0 aliphatic carbocycles. The zero-order valence-electron chi connectivity index (χ0n) is 12.5. The summed E-state index contributed by atoms with van der Waals surface area (Å²) in [4.78, 5) is 22.9. The van der Waals surface area contributed by atoms with Crippen LogP contribution in [0.15, 0.2) is 0 Å². The number of amides is 2. The van der Waals surface area contributed by atoms with E-state index < -0.39 is 0 Å². The number of hydrogen-bond donors (Lipinski definition) is 2. The lowest BCUT2D eigenvalue weighted by atomic mass is 10.3. The third kappa shape index (κ3) is 12.4. The molecular weight excluding hydrogens is 280 g/mol. The highest BCUT2D eigenvalue weighted by Gasteiger charge is 2.11. The summed E-state index contributed by atoms with van der Waals surface area (Å²) in [6, 6.07) is 0.390. The number of carbonyl (C=O) groups excluding carboxylic acids is 2. The highest BCUT2D eigenvalue weighted by molar-refractivity contribution is 8.76. The van der Waals surface area contributed by atoms with Gasteiger partial charge in [-0.3, -0.25) is 9.59 Å². The molecule has 0 heterocycles. The highest BCUT2D eigenvalue weighted by atomic mass is 33.1. The zero-order valence-corrected chi connectivity index (χ0v) is 14.1. The maximum absolute atomic E-state index is 11.5. The van der Waals surface area contributed by atoms with Gasteiger partial charge in [0.05, 0.1) is 0 Å². The minimum atomic E-state index is 0. The molecular formula is C13H30N2O2S2. The first-order chi connectivity index (χ1) is 8.81. The second-order valence-corrected chi connectivity index (χ2v) is 8.05. The molecule has 2 N–H and O–H groups in total. The fraction of sp³-hybridized carbons (Fsp3) is 0.846. The Morgan fingerprint density at radius 3 is 2.05 bits per heavy atom. The monoisotopic (exact) mass is 310 g/mol. The van der Waals surface area contributed by atoms with Crippen LogP contribution >= 0.6 is 21.6 Å². The van der Waals surface area contributed by atoms with Gasteiger partial charge in [-0.2, -0.15) is 0 Å². The Hall–Kier alpha value is -0.360.